The number of thioether (sulfide) groups is 1. The van der Waals surface area contributed by atoms with Gasteiger partial charge in [-0.15, -0.1) is 10.2 Å². The van der Waals surface area contributed by atoms with Crippen LogP contribution in [0.4, 0.5) is 0 Å². The monoisotopic (exact) mass is 386 g/mol. The first kappa shape index (κ1) is 16.0. The van der Waals surface area contributed by atoms with Gasteiger partial charge in [0.1, 0.15) is 6.33 Å². The number of aryl methyl sites for hydroxylation is 1. The van der Waals surface area contributed by atoms with Crippen molar-refractivity contribution in [3.8, 4) is 0 Å². The molecule has 116 valence electrons. The van der Waals surface area contributed by atoms with Gasteiger partial charge in [0.05, 0.1) is 6.21 Å². The largest absolute Gasteiger partial charge is 0.212 e. The lowest BCUT2D eigenvalue weighted by Crippen LogP contribution is -1.93. The molecule has 1 heterocycles. The molecule has 0 aliphatic heterocycles. The van der Waals surface area contributed by atoms with E-state index in [0.29, 0.717) is 0 Å². The maximum absolute atomic E-state index is 4.43. The van der Waals surface area contributed by atoms with Crippen molar-refractivity contribution in [1.29, 1.82) is 0 Å². The molecule has 23 heavy (non-hydrogen) atoms. The van der Waals surface area contributed by atoms with Crippen LogP contribution in [-0.4, -0.2) is 21.1 Å². The Morgan fingerprint density at radius 3 is 2.83 bits per heavy atom. The summed E-state index contributed by atoms with van der Waals surface area (Å²) in [5.74, 6) is 0.839. The molecular weight excluding hydrogens is 372 g/mol. The Morgan fingerprint density at radius 2 is 2.04 bits per heavy atom. The number of halogens is 1. The number of nitrogens with zero attached hydrogens (tertiary/aromatic N) is 4. The fourth-order valence-electron chi connectivity index (χ4n) is 1.94. The lowest BCUT2D eigenvalue weighted by atomic mass is 10.2. The molecule has 2 aromatic carbocycles. The second-order valence-electron chi connectivity index (χ2n) is 5.03. The molecular formula is C17H15BrN4S. The van der Waals surface area contributed by atoms with Gasteiger partial charge in [-0.2, -0.15) is 9.78 Å². The molecule has 0 unspecified atom stereocenters. The van der Waals surface area contributed by atoms with Crippen LogP contribution in [0.25, 0.3) is 0 Å². The summed E-state index contributed by atoms with van der Waals surface area (Å²) in [5.41, 5.74) is 3.54. The lowest BCUT2D eigenvalue weighted by Gasteiger charge is -2.02. The lowest BCUT2D eigenvalue weighted by molar-refractivity contribution is 0.767. The molecule has 0 fully saturated rings. The standard InChI is InChI=1S/C17H15BrN4S/c1-13-5-7-14(8-6-13)11-23-17-21-19-12-22(17)20-10-15-3-2-4-16(18)9-15/h2-10,12H,11H2,1H3/b20-10+. The molecule has 1 aromatic heterocycles. The SMILES string of the molecule is Cc1ccc(CSc2nncn2/N=C/c2cccc(Br)c2)cc1. The maximum Gasteiger partial charge on any atom is 0.212 e. The predicted octanol–water partition coefficient (Wildman–Crippen LogP) is 4.52. The fraction of sp³-hybridized carbons (Fsp3) is 0.118. The average Bonchev–Trinajstić information content (AvgIpc) is 3.00. The van der Waals surface area contributed by atoms with E-state index < -0.39 is 0 Å². The van der Waals surface area contributed by atoms with Crippen LogP contribution in [-0.2, 0) is 5.75 Å². The zero-order chi connectivity index (χ0) is 16.1. The van der Waals surface area contributed by atoms with Crippen molar-refractivity contribution in [3.05, 3.63) is 76.0 Å². The molecule has 0 atom stereocenters. The molecule has 0 spiro atoms. The van der Waals surface area contributed by atoms with E-state index in [1.807, 2.05) is 24.3 Å². The van der Waals surface area contributed by atoms with Gasteiger partial charge in [0.2, 0.25) is 5.16 Å². The van der Waals surface area contributed by atoms with E-state index >= 15 is 0 Å². The number of hydrogen-bond acceptors (Lipinski definition) is 4. The van der Waals surface area contributed by atoms with Gasteiger partial charge >= 0.3 is 0 Å². The van der Waals surface area contributed by atoms with Crippen molar-refractivity contribution >= 4 is 33.9 Å². The highest BCUT2D eigenvalue weighted by atomic mass is 79.9. The van der Waals surface area contributed by atoms with Gasteiger partial charge in [0.25, 0.3) is 0 Å². The topological polar surface area (TPSA) is 43.1 Å². The van der Waals surface area contributed by atoms with Gasteiger partial charge in [-0.1, -0.05) is 69.7 Å². The summed E-state index contributed by atoms with van der Waals surface area (Å²) in [4.78, 5) is 0. The second-order valence-corrected chi connectivity index (χ2v) is 6.89. The molecule has 0 amide bonds. The van der Waals surface area contributed by atoms with E-state index in [1.165, 1.54) is 11.1 Å². The molecule has 0 aliphatic carbocycles. The van der Waals surface area contributed by atoms with Gasteiger partial charge in [-0.3, -0.25) is 0 Å². The molecule has 0 aliphatic rings. The van der Waals surface area contributed by atoms with Crippen molar-refractivity contribution < 1.29 is 0 Å². The first-order valence-electron chi connectivity index (χ1n) is 7.09. The smallest absolute Gasteiger partial charge is 0.195 e. The first-order valence-corrected chi connectivity index (χ1v) is 8.87. The molecule has 0 radical (unpaired) electrons. The van der Waals surface area contributed by atoms with Crippen molar-refractivity contribution in [3.63, 3.8) is 0 Å². The summed E-state index contributed by atoms with van der Waals surface area (Å²) in [5, 5.41) is 13.3. The summed E-state index contributed by atoms with van der Waals surface area (Å²) < 4.78 is 2.72. The molecule has 6 heteroatoms. The average molecular weight is 387 g/mol. The molecule has 0 bridgehead atoms. The van der Waals surface area contributed by atoms with Crippen LogP contribution >= 0.6 is 27.7 Å². The molecule has 4 nitrogen and oxygen atoms in total. The summed E-state index contributed by atoms with van der Waals surface area (Å²) in [6.07, 6.45) is 3.41. The Labute approximate surface area is 147 Å². The van der Waals surface area contributed by atoms with Crippen molar-refractivity contribution in [2.24, 2.45) is 5.10 Å². The Balaban J connectivity index is 1.68. The van der Waals surface area contributed by atoms with Crippen LogP contribution in [0.15, 0.2) is 69.6 Å². The van der Waals surface area contributed by atoms with Crippen LogP contribution in [0.3, 0.4) is 0 Å². The third-order valence-electron chi connectivity index (χ3n) is 3.17. The maximum atomic E-state index is 4.43. The third kappa shape index (κ3) is 4.53. The number of hydrogen-bond donors (Lipinski definition) is 0. The van der Waals surface area contributed by atoms with Gasteiger partial charge in [-0.05, 0) is 30.2 Å². The Morgan fingerprint density at radius 1 is 1.22 bits per heavy atom. The van der Waals surface area contributed by atoms with E-state index in [-0.39, 0.29) is 0 Å². The molecule has 0 saturated carbocycles. The van der Waals surface area contributed by atoms with E-state index in [1.54, 1.807) is 29.0 Å². The Hall–Kier alpha value is -1.92. The van der Waals surface area contributed by atoms with Gasteiger partial charge < -0.3 is 0 Å². The number of benzene rings is 2. The predicted molar refractivity (Wildman–Crippen MR) is 97.9 cm³/mol. The Kier molecular flexibility index (Phi) is 5.25. The zero-order valence-electron chi connectivity index (χ0n) is 12.6. The second kappa shape index (κ2) is 7.57. The zero-order valence-corrected chi connectivity index (χ0v) is 15.0. The van der Waals surface area contributed by atoms with Crippen LogP contribution < -0.4 is 0 Å². The summed E-state index contributed by atoms with van der Waals surface area (Å²) in [7, 11) is 0. The van der Waals surface area contributed by atoms with Crippen molar-refractivity contribution in [2.75, 3.05) is 0 Å². The normalized spacial score (nSPS) is 11.2. The third-order valence-corrected chi connectivity index (χ3v) is 4.67. The van der Waals surface area contributed by atoms with E-state index in [0.717, 1.165) is 20.9 Å². The minimum atomic E-state index is 0.775. The summed E-state index contributed by atoms with van der Waals surface area (Å²) in [6, 6.07) is 16.5. The highest BCUT2D eigenvalue weighted by Gasteiger charge is 2.04. The van der Waals surface area contributed by atoms with Crippen LogP contribution in [0.5, 0.6) is 0 Å². The quantitative estimate of drug-likeness (QED) is 0.478. The molecule has 0 saturated heterocycles. The summed E-state index contributed by atoms with van der Waals surface area (Å²) in [6.45, 7) is 2.09. The van der Waals surface area contributed by atoms with Crippen molar-refractivity contribution in [1.82, 2.24) is 14.9 Å². The van der Waals surface area contributed by atoms with Crippen LogP contribution in [0.1, 0.15) is 16.7 Å². The first-order chi connectivity index (χ1) is 11.2. The Bertz CT molecular complexity index is 811. The fourth-order valence-corrected chi connectivity index (χ4v) is 3.18. The number of rotatable bonds is 5. The highest BCUT2D eigenvalue weighted by Crippen LogP contribution is 2.20. The minimum Gasteiger partial charge on any atom is -0.195 e. The van der Waals surface area contributed by atoms with E-state index in [4.69, 9.17) is 0 Å². The highest BCUT2D eigenvalue weighted by molar-refractivity contribution is 9.10. The van der Waals surface area contributed by atoms with Crippen LogP contribution in [0, 0.1) is 6.92 Å². The minimum absolute atomic E-state index is 0.775. The van der Waals surface area contributed by atoms with Crippen LogP contribution in [0.2, 0.25) is 0 Å². The molecule has 3 rings (SSSR count). The van der Waals surface area contributed by atoms with E-state index in [2.05, 4.69) is 62.4 Å². The number of aromatic nitrogens is 3. The van der Waals surface area contributed by atoms with Gasteiger partial charge in [0.15, 0.2) is 0 Å². The van der Waals surface area contributed by atoms with Gasteiger partial charge in [-0.25, -0.2) is 0 Å². The van der Waals surface area contributed by atoms with E-state index in [9.17, 15) is 0 Å². The van der Waals surface area contributed by atoms with Gasteiger partial charge in [0, 0.05) is 10.2 Å². The summed E-state index contributed by atoms with van der Waals surface area (Å²) >= 11 is 5.07. The van der Waals surface area contributed by atoms with Crippen molar-refractivity contribution in [2.45, 2.75) is 17.8 Å². The molecule has 0 N–H and O–H groups in total. The molecule has 3 aromatic rings.